The van der Waals surface area contributed by atoms with Crippen molar-refractivity contribution in [3.63, 3.8) is 0 Å². The molecule has 0 aliphatic heterocycles. The van der Waals surface area contributed by atoms with Crippen molar-refractivity contribution < 1.29 is 9.53 Å². The zero-order chi connectivity index (χ0) is 16.2. The van der Waals surface area contributed by atoms with Crippen LogP contribution in [-0.4, -0.2) is 22.5 Å². The minimum absolute atomic E-state index is 0.243. The molecule has 0 amide bonds. The highest BCUT2D eigenvalue weighted by Crippen LogP contribution is 2.23. The molecule has 0 spiro atoms. The third-order valence-electron chi connectivity index (χ3n) is 3.87. The van der Waals surface area contributed by atoms with Crippen molar-refractivity contribution in [2.45, 2.75) is 26.2 Å². The Morgan fingerprint density at radius 3 is 2.61 bits per heavy atom. The molecule has 1 heterocycles. The predicted molar refractivity (Wildman–Crippen MR) is 90.4 cm³/mol. The first-order valence-corrected chi connectivity index (χ1v) is 7.84. The van der Waals surface area contributed by atoms with Gasteiger partial charge < -0.3 is 9.72 Å². The molecule has 4 nitrogen and oxygen atoms in total. The molecule has 0 saturated carbocycles. The van der Waals surface area contributed by atoms with E-state index in [1.807, 2.05) is 50.2 Å². The van der Waals surface area contributed by atoms with Crippen LogP contribution in [0.2, 0.25) is 0 Å². The second-order valence-electron chi connectivity index (χ2n) is 5.63. The molecule has 0 radical (unpaired) electrons. The lowest BCUT2D eigenvalue weighted by atomic mass is 9.98. The summed E-state index contributed by atoms with van der Waals surface area (Å²) in [7, 11) is 0. The van der Waals surface area contributed by atoms with Crippen LogP contribution < -0.4 is 0 Å². The van der Waals surface area contributed by atoms with E-state index in [0.29, 0.717) is 18.9 Å². The Kier molecular flexibility index (Phi) is 4.42. The molecule has 0 aliphatic rings. The molecular weight excluding hydrogens is 288 g/mol. The van der Waals surface area contributed by atoms with Gasteiger partial charge in [0.2, 0.25) is 0 Å². The Labute approximate surface area is 135 Å². The summed E-state index contributed by atoms with van der Waals surface area (Å²) in [6.45, 7) is 4.23. The highest BCUT2D eigenvalue weighted by molar-refractivity contribution is 5.81. The maximum absolute atomic E-state index is 12.4. The van der Waals surface area contributed by atoms with E-state index in [4.69, 9.17) is 4.74 Å². The Morgan fingerprint density at radius 1 is 1.17 bits per heavy atom. The summed E-state index contributed by atoms with van der Waals surface area (Å²) in [6, 6.07) is 16.0. The number of aromatic nitrogens is 2. The molecular formula is C19H20N2O2. The van der Waals surface area contributed by atoms with Crippen molar-refractivity contribution in [3.8, 4) is 0 Å². The van der Waals surface area contributed by atoms with E-state index in [1.165, 1.54) is 5.56 Å². The van der Waals surface area contributed by atoms with Gasteiger partial charge in [-0.15, -0.1) is 0 Å². The molecule has 3 rings (SSSR count). The molecule has 0 aliphatic carbocycles. The summed E-state index contributed by atoms with van der Waals surface area (Å²) in [5.74, 6) is -0.0117. The van der Waals surface area contributed by atoms with Crippen LogP contribution in [0.25, 0.3) is 11.0 Å². The normalized spacial score (nSPS) is 12.3. The Balaban J connectivity index is 1.94. The van der Waals surface area contributed by atoms with Crippen molar-refractivity contribution in [2.75, 3.05) is 6.61 Å². The maximum atomic E-state index is 12.4. The van der Waals surface area contributed by atoms with Crippen LogP contribution in [0.15, 0.2) is 48.5 Å². The Bertz CT molecular complexity index is 773. The van der Waals surface area contributed by atoms with Gasteiger partial charge in [0.15, 0.2) is 0 Å². The van der Waals surface area contributed by atoms with Gasteiger partial charge in [0.1, 0.15) is 11.7 Å². The number of nitrogens with zero attached hydrogens (tertiary/aromatic N) is 1. The lowest BCUT2D eigenvalue weighted by Crippen LogP contribution is -2.19. The number of para-hydroxylation sites is 2. The first-order chi connectivity index (χ1) is 11.2. The number of H-pyrrole nitrogens is 1. The van der Waals surface area contributed by atoms with Crippen LogP contribution in [-0.2, 0) is 16.0 Å². The van der Waals surface area contributed by atoms with E-state index in [2.05, 4.69) is 22.1 Å². The van der Waals surface area contributed by atoms with E-state index in [0.717, 1.165) is 16.6 Å². The monoisotopic (exact) mass is 308 g/mol. The van der Waals surface area contributed by atoms with Gasteiger partial charge in [0, 0.05) is 0 Å². The molecule has 0 saturated heterocycles. The van der Waals surface area contributed by atoms with Gasteiger partial charge in [-0.1, -0.05) is 42.0 Å². The van der Waals surface area contributed by atoms with Crippen molar-refractivity contribution in [1.29, 1.82) is 0 Å². The second-order valence-corrected chi connectivity index (χ2v) is 5.63. The number of hydrogen-bond acceptors (Lipinski definition) is 3. The molecule has 1 aromatic heterocycles. The van der Waals surface area contributed by atoms with Gasteiger partial charge in [-0.2, -0.15) is 0 Å². The van der Waals surface area contributed by atoms with Crippen LogP contribution in [0.3, 0.4) is 0 Å². The molecule has 23 heavy (non-hydrogen) atoms. The smallest absolute Gasteiger partial charge is 0.316 e. The van der Waals surface area contributed by atoms with Crippen LogP contribution in [0, 0.1) is 6.92 Å². The molecule has 3 aromatic rings. The van der Waals surface area contributed by atoms with Crippen LogP contribution in [0.1, 0.15) is 29.8 Å². The Hall–Kier alpha value is -2.62. The summed E-state index contributed by atoms with van der Waals surface area (Å²) < 4.78 is 5.25. The largest absolute Gasteiger partial charge is 0.465 e. The molecule has 1 N–H and O–H groups in total. The van der Waals surface area contributed by atoms with Crippen molar-refractivity contribution in [3.05, 3.63) is 65.5 Å². The number of carbonyl (C=O) groups excluding carboxylic acids is 1. The Morgan fingerprint density at radius 2 is 1.91 bits per heavy atom. The van der Waals surface area contributed by atoms with Crippen molar-refractivity contribution >= 4 is 17.0 Å². The fourth-order valence-corrected chi connectivity index (χ4v) is 2.63. The topological polar surface area (TPSA) is 55.0 Å². The number of aromatic amines is 1. The summed E-state index contributed by atoms with van der Waals surface area (Å²) in [6.07, 6.45) is 0.568. The number of esters is 1. The summed E-state index contributed by atoms with van der Waals surface area (Å²) in [5.41, 5.74) is 4.08. The lowest BCUT2D eigenvalue weighted by molar-refractivity contribution is -0.145. The third kappa shape index (κ3) is 3.42. The first kappa shape index (κ1) is 15.3. The molecule has 118 valence electrons. The second kappa shape index (κ2) is 6.65. The van der Waals surface area contributed by atoms with Crippen molar-refractivity contribution in [1.82, 2.24) is 9.97 Å². The first-order valence-electron chi connectivity index (χ1n) is 7.84. The molecule has 1 atom stereocenters. The predicted octanol–water partition coefficient (Wildman–Crippen LogP) is 3.76. The van der Waals surface area contributed by atoms with Crippen molar-refractivity contribution in [2.24, 2.45) is 0 Å². The number of rotatable bonds is 5. The quantitative estimate of drug-likeness (QED) is 0.730. The van der Waals surface area contributed by atoms with E-state index in [-0.39, 0.29) is 5.97 Å². The van der Waals surface area contributed by atoms with Gasteiger partial charge in [-0.05, 0) is 38.0 Å². The SMILES string of the molecule is CCOC(=O)[C@@H](Cc1ccc(C)cc1)c1nc2ccccc2[nH]1. The number of imidazole rings is 1. The van der Waals surface area contributed by atoms with Gasteiger partial charge in [-0.25, -0.2) is 4.98 Å². The van der Waals surface area contributed by atoms with Gasteiger partial charge in [-0.3, -0.25) is 4.79 Å². The molecule has 0 unspecified atom stereocenters. The van der Waals surface area contributed by atoms with E-state index < -0.39 is 5.92 Å². The summed E-state index contributed by atoms with van der Waals surface area (Å²) in [4.78, 5) is 20.2. The van der Waals surface area contributed by atoms with E-state index >= 15 is 0 Å². The van der Waals surface area contributed by atoms with Gasteiger partial charge in [0.05, 0.1) is 17.6 Å². The lowest BCUT2D eigenvalue weighted by Gasteiger charge is -2.13. The number of ether oxygens (including phenoxy) is 1. The highest BCUT2D eigenvalue weighted by Gasteiger charge is 2.25. The number of nitrogens with one attached hydrogen (secondary N) is 1. The highest BCUT2D eigenvalue weighted by atomic mass is 16.5. The van der Waals surface area contributed by atoms with E-state index in [1.54, 1.807) is 0 Å². The van der Waals surface area contributed by atoms with E-state index in [9.17, 15) is 4.79 Å². The number of carbonyl (C=O) groups is 1. The number of aryl methyl sites for hydroxylation is 1. The average Bonchev–Trinajstić information content (AvgIpc) is 2.98. The van der Waals surface area contributed by atoms with Gasteiger partial charge in [0.25, 0.3) is 0 Å². The van der Waals surface area contributed by atoms with Crippen LogP contribution in [0.5, 0.6) is 0 Å². The fourth-order valence-electron chi connectivity index (χ4n) is 2.63. The molecule has 0 bridgehead atoms. The molecule has 4 heteroatoms. The number of fused-ring (bicyclic) bond motifs is 1. The van der Waals surface area contributed by atoms with Crippen LogP contribution >= 0.6 is 0 Å². The third-order valence-corrected chi connectivity index (χ3v) is 3.87. The standard InChI is InChI=1S/C19H20N2O2/c1-3-23-19(22)15(12-14-10-8-13(2)9-11-14)18-20-16-6-4-5-7-17(16)21-18/h4-11,15H,3,12H2,1-2H3,(H,20,21)/t15-/m0/s1. The van der Waals surface area contributed by atoms with Crippen LogP contribution in [0.4, 0.5) is 0 Å². The van der Waals surface area contributed by atoms with Gasteiger partial charge >= 0.3 is 5.97 Å². The zero-order valence-corrected chi connectivity index (χ0v) is 13.4. The molecule has 0 fully saturated rings. The number of hydrogen-bond donors (Lipinski definition) is 1. The fraction of sp³-hybridized carbons (Fsp3) is 0.263. The average molecular weight is 308 g/mol. The minimum atomic E-state index is -0.426. The minimum Gasteiger partial charge on any atom is -0.465 e. The number of benzene rings is 2. The maximum Gasteiger partial charge on any atom is 0.316 e. The summed E-state index contributed by atoms with van der Waals surface area (Å²) >= 11 is 0. The molecule has 2 aromatic carbocycles. The zero-order valence-electron chi connectivity index (χ0n) is 13.4. The summed E-state index contributed by atoms with van der Waals surface area (Å²) in [5, 5.41) is 0.